The first-order valence-electron chi connectivity index (χ1n) is 9.64. The van der Waals surface area contributed by atoms with Gasteiger partial charge in [-0.1, -0.05) is 29.8 Å². The first kappa shape index (κ1) is 24.1. The van der Waals surface area contributed by atoms with Crippen molar-refractivity contribution in [1.82, 2.24) is 19.4 Å². The molecule has 3 aromatic carbocycles. The molecule has 1 aromatic heterocycles. The van der Waals surface area contributed by atoms with Gasteiger partial charge in [-0.3, -0.25) is 0 Å². The molecule has 0 aliphatic heterocycles. The summed E-state index contributed by atoms with van der Waals surface area (Å²) in [6.07, 6.45) is 2.44. The maximum Gasteiger partial charge on any atom is 0.229 e. The number of benzene rings is 3. The minimum absolute atomic E-state index is 0.305. The van der Waals surface area contributed by atoms with Crippen molar-refractivity contribution in [1.29, 1.82) is 0 Å². The van der Waals surface area contributed by atoms with Crippen molar-refractivity contribution in [3.05, 3.63) is 77.2 Å². The summed E-state index contributed by atoms with van der Waals surface area (Å²) in [5, 5.41) is 15.0. The van der Waals surface area contributed by atoms with Gasteiger partial charge in [0.05, 0.1) is 29.4 Å². The van der Waals surface area contributed by atoms with Gasteiger partial charge in [0.25, 0.3) is 0 Å². The maximum absolute atomic E-state index is 13.4. The Morgan fingerprint density at radius 1 is 1.03 bits per heavy atom. The van der Waals surface area contributed by atoms with E-state index in [1.165, 1.54) is 18.2 Å². The predicted molar refractivity (Wildman–Crippen MR) is 127 cm³/mol. The van der Waals surface area contributed by atoms with Crippen molar-refractivity contribution in [2.24, 2.45) is 0 Å². The minimum Gasteiger partial charge on any atom is -0.505 e. The number of nitrogens with zero attached hydrogens (tertiary/aromatic N) is 2. The van der Waals surface area contributed by atoms with Gasteiger partial charge in [0.1, 0.15) is 0 Å². The highest BCUT2D eigenvalue weighted by Gasteiger charge is 2.16. The van der Waals surface area contributed by atoms with Crippen LogP contribution in [0.15, 0.2) is 60.8 Å². The zero-order valence-corrected chi connectivity index (χ0v) is 19.9. The molecule has 34 heavy (non-hydrogen) atoms. The van der Waals surface area contributed by atoms with Gasteiger partial charge in [0.15, 0.2) is 11.6 Å². The molecule has 1 heterocycles. The Hall–Kier alpha value is -3.03. The average molecular weight is 525 g/mol. The summed E-state index contributed by atoms with van der Waals surface area (Å²) in [4.78, 5) is 3.53. The second-order valence-corrected chi connectivity index (χ2v) is 11.4. The van der Waals surface area contributed by atoms with Crippen molar-refractivity contribution in [3.63, 3.8) is 0 Å². The molecule has 13 heteroatoms. The Labute approximate surface area is 199 Å². The topological polar surface area (TPSA) is 130 Å². The van der Waals surface area contributed by atoms with Gasteiger partial charge in [-0.25, -0.2) is 25.9 Å². The number of phenolic OH excluding ortho intramolecular Hbond substituents is 1. The summed E-state index contributed by atoms with van der Waals surface area (Å²) >= 11 is 6.42. The number of sulfonamides is 2. The van der Waals surface area contributed by atoms with E-state index in [1.54, 1.807) is 44.8 Å². The Morgan fingerprint density at radius 2 is 1.79 bits per heavy atom. The van der Waals surface area contributed by atoms with E-state index in [0.29, 0.717) is 21.8 Å². The van der Waals surface area contributed by atoms with Gasteiger partial charge in [-0.05, 0) is 41.5 Å². The minimum atomic E-state index is -3.97. The Balaban J connectivity index is 1.60. The highest BCUT2D eigenvalue weighted by molar-refractivity contribution is 7.91. The van der Waals surface area contributed by atoms with E-state index in [0.717, 1.165) is 28.8 Å². The van der Waals surface area contributed by atoms with Crippen molar-refractivity contribution < 1.29 is 26.3 Å². The van der Waals surface area contributed by atoms with Crippen LogP contribution >= 0.6 is 11.6 Å². The van der Waals surface area contributed by atoms with Crippen LogP contribution in [0.25, 0.3) is 27.7 Å². The fraction of sp³-hybridized carbons (Fsp3) is 0.0952. The van der Waals surface area contributed by atoms with Crippen LogP contribution in [-0.2, 0) is 25.8 Å². The van der Waals surface area contributed by atoms with E-state index in [1.807, 2.05) is 6.07 Å². The number of fused-ring (bicyclic) bond motifs is 1. The zero-order valence-electron chi connectivity index (χ0n) is 17.5. The summed E-state index contributed by atoms with van der Waals surface area (Å²) in [7, 11) is -7.71. The Morgan fingerprint density at radius 3 is 2.47 bits per heavy atom. The molecule has 0 unspecified atom stereocenters. The van der Waals surface area contributed by atoms with E-state index in [-0.39, 0.29) is 0 Å². The molecule has 0 atom stereocenters. The first-order chi connectivity index (χ1) is 15.9. The Kier molecular flexibility index (Phi) is 6.36. The molecule has 178 valence electrons. The van der Waals surface area contributed by atoms with Gasteiger partial charge < -0.3 is 5.11 Å². The molecule has 0 amide bonds. The third-order valence-electron chi connectivity index (χ3n) is 4.83. The second kappa shape index (κ2) is 8.96. The predicted octanol–water partition coefficient (Wildman–Crippen LogP) is 3.07. The molecule has 9 nitrogen and oxygen atoms in total. The molecular weight excluding hydrogens is 507 g/mol. The fourth-order valence-electron chi connectivity index (χ4n) is 3.32. The lowest BCUT2D eigenvalue weighted by Gasteiger charge is -2.10. The zero-order chi connectivity index (χ0) is 24.7. The molecule has 4 aromatic rings. The van der Waals surface area contributed by atoms with Gasteiger partial charge in [0.2, 0.25) is 20.0 Å². The number of hydrazine groups is 1. The van der Waals surface area contributed by atoms with Gasteiger partial charge in [0, 0.05) is 22.0 Å². The molecule has 0 aliphatic rings. The third kappa shape index (κ3) is 5.37. The van der Waals surface area contributed by atoms with E-state index in [2.05, 4.69) is 5.10 Å². The highest BCUT2D eigenvalue weighted by atomic mass is 35.5. The van der Waals surface area contributed by atoms with Crippen LogP contribution in [0.5, 0.6) is 5.75 Å². The van der Waals surface area contributed by atoms with E-state index >= 15 is 0 Å². The summed E-state index contributed by atoms with van der Waals surface area (Å²) in [6, 6.07) is 14.1. The van der Waals surface area contributed by atoms with Gasteiger partial charge >= 0.3 is 0 Å². The monoisotopic (exact) mass is 524 g/mol. The molecule has 0 radical (unpaired) electrons. The molecule has 0 saturated carbocycles. The fourth-order valence-corrected chi connectivity index (χ4v) is 5.43. The van der Waals surface area contributed by atoms with Gasteiger partial charge in [-0.2, -0.15) is 5.10 Å². The van der Waals surface area contributed by atoms with Crippen LogP contribution in [-0.4, -0.2) is 38.0 Å². The van der Waals surface area contributed by atoms with Crippen LogP contribution in [0.1, 0.15) is 5.56 Å². The lowest BCUT2D eigenvalue weighted by Crippen LogP contribution is -2.41. The van der Waals surface area contributed by atoms with E-state index in [9.17, 15) is 26.3 Å². The van der Waals surface area contributed by atoms with Crippen LogP contribution in [0.4, 0.5) is 4.39 Å². The Bertz CT molecular complexity index is 1620. The van der Waals surface area contributed by atoms with Crippen molar-refractivity contribution in [3.8, 4) is 22.6 Å². The molecule has 0 fully saturated rings. The van der Waals surface area contributed by atoms with Gasteiger partial charge in [-0.15, -0.1) is 9.66 Å². The molecule has 0 aliphatic carbocycles. The highest BCUT2D eigenvalue weighted by Crippen LogP contribution is 2.32. The number of aromatic nitrogens is 2. The van der Waals surface area contributed by atoms with Crippen LogP contribution in [0, 0.1) is 5.82 Å². The average Bonchev–Trinajstić information content (AvgIpc) is 3.17. The molecule has 3 N–H and O–H groups in total. The molecule has 0 bridgehead atoms. The number of hydrogen-bond acceptors (Lipinski definition) is 6. The molecule has 4 rings (SSSR count). The number of rotatable bonds is 7. The summed E-state index contributed by atoms with van der Waals surface area (Å²) in [5.41, 5.74) is 2.98. The van der Waals surface area contributed by atoms with Crippen molar-refractivity contribution in [2.75, 3.05) is 6.26 Å². The van der Waals surface area contributed by atoms with Crippen molar-refractivity contribution >= 4 is 42.6 Å². The summed E-state index contributed by atoms with van der Waals surface area (Å²) in [5.74, 6) is -1.68. The third-order valence-corrected chi connectivity index (χ3v) is 6.87. The number of halogens is 2. The normalized spacial score (nSPS) is 12.3. The standard InChI is InChI=1S/C21H18ClFN4O5S2/c1-33(29,30)25-26-34(31,32)12-13-2-5-17(18(22)8-13)14-3-7-20-15(9-14)11-24-27(20)16-4-6-19(23)21(28)10-16/h2-11,25-26,28H,12H2,1H3. The SMILES string of the molecule is CS(=O)(=O)NNS(=O)(=O)Cc1ccc(-c2ccc3c(cnn3-c3ccc(F)c(O)c3)c2)c(Cl)c1. The maximum atomic E-state index is 13.4. The van der Waals surface area contributed by atoms with Crippen LogP contribution in [0.3, 0.4) is 0 Å². The first-order valence-corrected chi connectivity index (χ1v) is 13.6. The smallest absolute Gasteiger partial charge is 0.229 e. The van der Waals surface area contributed by atoms with Crippen LogP contribution in [0.2, 0.25) is 5.02 Å². The van der Waals surface area contributed by atoms with E-state index < -0.39 is 37.4 Å². The number of phenols is 1. The number of nitrogens with one attached hydrogen (secondary N) is 2. The molecular formula is C21H18ClFN4O5S2. The molecule has 0 spiro atoms. The second-order valence-electron chi connectivity index (χ2n) is 7.52. The summed E-state index contributed by atoms with van der Waals surface area (Å²) in [6.45, 7) is 0. The lowest BCUT2D eigenvalue weighted by molar-refractivity contribution is 0.432. The number of hydrogen-bond donors (Lipinski definition) is 3. The van der Waals surface area contributed by atoms with Crippen LogP contribution < -0.4 is 9.66 Å². The van der Waals surface area contributed by atoms with E-state index in [4.69, 9.17) is 11.6 Å². The lowest BCUT2D eigenvalue weighted by atomic mass is 10.0. The largest absolute Gasteiger partial charge is 0.505 e. The summed E-state index contributed by atoms with van der Waals surface area (Å²) < 4.78 is 61.3. The van der Waals surface area contributed by atoms with Crippen molar-refractivity contribution in [2.45, 2.75) is 5.75 Å². The number of aromatic hydroxyl groups is 1. The quantitative estimate of drug-likeness (QED) is 0.318. The molecule has 0 saturated heterocycles.